The summed E-state index contributed by atoms with van der Waals surface area (Å²) < 4.78 is 28.1. The number of aryl methyl sites for hydroxylation is 2. The van der Waals surface area contributed by atoms with E-state index >= 15 is 0 Å². The third-order valence-corrected chi connectivity index (χ3v) is 6.88. The predicted molar refractivity (Wildman–Crippen MR) is 124 cm³/mol. The maximum absolute atomic E-state index is 14.1. The van der Waals surface area contributed by atoms with E-state index in [4.69, 9.17) is 5.11 Å². The molecule has 0 bridgehead atoms. The lowest BCUT2D eigenvalue weighted by Gasteiger charge is -2.22. The second kappa shape index (κ2) is 11.5. The van der Waals surface area contributed by atoms with Crippen molar-refractivity contribution in [3.8, 4) is 0 Å². The van der Waals surface area contributed by atoms with Gasteiger partial charge in [-0.1, -0.05) is 48.9 Å². The standard InChI is InChI=1S/C25H29F2NO4S/c26-25(27)17-19(12-13-20(29)10-5-4-9-18-7-2-1-3-8-18)28(24(25)32)16-6-11-21-14-15-22(33-21)23(30)31/h1-3,7-8,12-15,19-20,29H,4-6,9-11,16-17H2,(H,30,31). The zero-order chi connectivity index (χ0) is 23.8. The summed E-state index contributed by atoms with van der Waals surface area (Å²) in [6.45, 7) is 0.150. The van der Waals surface area contributed by atoms with Crippen molar-refractivity contribution in [3.05, 3.63) is 69.9 Å². The molecule has 1 amide bonds. The first-order valence-electron chi connectivity index (χ1n) is 11.2. The van der Waals surface area contributed by atoms with Crippen molar-refractivity contribution < 1.29 is 28.6 Å². The smallest absolute Gasteiger partial charge is 0.345 e. The molecule has 1 aromatic carbocycles. The number of carbonyl (C=O) groups is 2. The number of carboxylic acids is 1. The minimum absolute atomic E-state index is 0.150. The molecule has 33 heavy (non-hydrogen) atoms. The van der Waals surface area contributed by atoms with Crippen molar-refractivity contribution >= 4 is 23.2 Å². The van der Waals surface area contributed by atoms with Gasteiger partial charge in [-0.15, -0.1) is 11.3 Å². The van der Waals surface area contributed by atoms with E-state index in [0.29, 0.717) is 19.3 Å². The summed E-state index contributed by atoms with van der Waals surface area (Å²) in [5.74, 6) is -5.59. The molecule has 178 valence electrons. The molecule has 1 aliphatic rings. The van der Waals surface area contributed by atoms with E-state index in [1.165, 1.54) is 28.7 Å². The average molecular weight is 478 g/mol. The number of hydrogen-bond acceptors (Lipinski definition) is 4. The maximum Gasteiger partial charge on any atom is 0.345 e. The maximum atomic E-state index is 14.1. The molecule has 0 spiro atoms. The fraction of sp³-hybridized carbons (Fsp3) is 0.440. The molecule has 0 aliphatic carbocycles. The molecule has 3 rings (SSSR count). The topological polar surface area (TPSA) is 77.8 Å². The Kier molecular flexibility index (Phi) is 8.74. The predicted octanol–water partition coefficient (Wildman–Crippen LogP) is 4.95. The van der Waals surface area contributed by atoms with Crippen molar-refractivity contribution in [3.63, 3.8) is 0 Å². The molecule has 5 nitrogen and oxygen atoms in total. The number of benzene rings is 1. The summed E-state index contributed by atoms with van der Waals surface area (Å²) >= 11 is 1.15. The second-order valence-corrected chi connectivity index (χ2v) is 9.50. The molecule has 1 saturated heterocycles. The molecule has 2 N–H and O–H groups in total. The van der Waals surface area contributed by atoms with Gasteiger partial charge in [0.05, 0.1) is 12.1 Å². The Morgan fingerprint density at radius 2 is 1.91 bits per heavy atom. The SMILES string of the molecule is O=C(O)c1ccc(CCCN2C(=O)C(F)(F)CC2C=CC(O)CCCCc2ccccc2)s1. The molecule has 0 radical (unpaired) electrons. The zero-order valence-electron chi connectivity index (χ0n) is 18.3. The molecule has 2 heterocycles. The van der Waals surface area contributed by atoms with Gasteiger partial charge in [0.2, 0.25) is 0 Å². The van der Waals surface area contributed by atoms with Crippen LogP contribution in [-0.4, -0.2) is 51.6 Å². The molecule has 1 aliphatic heterocycles. The van der Waals surface area contributed by atoms with Crippen molar-refractivity contribution in [1.82, 2.24) is 4.90 Å². The lowest BCUT2D eigenvalue weighted by atomic mass is 10.0. The Bertz CT molecular complexity index is 960. The summed E-state index contributed by atoms with van der Waals surface area (Å²) in [6.07, 6.45) is 5.86. The Morgan fingerprint density at radius 1 is 1.15 bits per heavy atom. The van der Waals surface area contributed by atoms with Crippen LogP contribution in [0.3, 0.4) is 0 Å². The van der Waals surface area contributed by atoms with Gasteiger partial charge in [0.25, 0.3) is 5.91 Å². The highest BCUT2D eigenvalue weighted by Crippen LogP contribution is 2.34. The van der Waals surface area contributed by atoms with Gasteiger partial charge in [0.15, 0.2) is 0 Å². The van der Waals surface area contributed by atoms with E-state index in [9.17, 15) is 23.5 Å². The fourth-order valence-corrected chi connectivity index (χ4v) is 4.88. The fourth-order valence-electron chi connectivity index (χ4n) is 3.99. The second-order valence-electron chi connectivity index (χ2n) is 8.33. The van der Waals surface area contributed by atoms with E-state index < -0.39 is 36.4 Å². The quantitative estimate of drug-likeness (QED) is 0.335. The Labute approximate surface area is 196 Å². The molecule has 1 fully saturated rings. The molecular weight excluding hydrogens is 448 g/mol. The van der Waals surface area contributed by atoms with Gasteiger partial charge in [0.1, 0.15) is 4.88 Å². The van der Waals surface area contributed by atoms with E-state index in [1.807, 2.05) is 18.2 Å². The van der Waals surface area contributed by atoms with E-state index in [2.05, 4.69) is 12.1 Å². The van der Waals surface area contributed by atoms with Crippen LogP contribution in [-0.2, 0) is 17.6 Å². The van der Waals surface area contributed by atoms with E-state index in [0.717, 1.165) is 35.5 Å². The lowest BCUT2D eigenvalue weighted by Crippen LogP contribution is -2.36. The summed E-state index contributed by atoms with van der Waals surface area (Å²) in [5.41, 5.74) is 1.24. The minimum Gasteiger partial charge on any atom is -0.477 e. The Balaban J connectivity index is 1.47. The Morgan fingerprint density at radius 3 is 2.61 bits per heavy atom. The molecular formula is C25H29F2NO4S. The number of aliphatic hydroxyl groups is 1. The van der Waals surface area contributed by atoms with Gasteiger partial charge in [-0.25, -0.2) is 4.79 Å². The molecule has 8 heteroatoms. The van der Waals surface area contributed by atoms with E-state index in [-0.39, 0.29) is 11.4 Å². The number of likely N-dealkylation sites (tertiary alicyclic amines) is 1. The van der Waals surface area contributed by atoms with Crippen molar-refractivity contribution in [2.24, 2.45) is 0 Å². The minimum atomic E-state index is -3.41. The van der Waals surface area contributed by atoms with Crippen LogP contribution >= 0.6 is 11.3 Å². The van der Waals surface area contributed by atoms with Crippen molar-refractivity contribution in [1.29, 1.82) is 0 Å². The number of alkyl halides is 2. The number of carboxylic acid groups (broad SMARTS) is 1. The monoisotopic (exact) mass is 477 g/mol. The number of rotatable bonds is 12. The number of carbonyl (C=O) groups excluding carboxylic acids is 1. The van der Waals surface area contributed by atoms with Gasteiger partial charge < -0.3 is 15.1 Å². The normalized spacial score (nSPS) is 18.8. The van der Waals surface area contributed by atoms with Crippen LogP contribution < -0.4 is 0 Å². The highest BCUT2D eigenvalue weighted by molar-refractivity contribution is 7.13. The highest BCUT2D eigenvalue weighted by atomic mass is 32.1. The first-order chi connectivity index (χ1) is 15.8. The van der Waals surface area contributed by atoms with Crippen LogP contribution in [0.1, 0.15) is 52.2 Å². The number of nitrogens with zero attached hydrogens (tertiary/aromatic N) is 1. The number of aromatic carboxylic acids is 1. The van der Waals surface area contributed by atoms with E-state index in [1.54, 1.807) is 6.07 Å². The average Bonchev–Trinajstić information content (AvgIpc) is 3.34. The molecule has 2 atom stereocenters. The van der Waals surface area contributed by atoms with Gasteiger partial charge >= 0.3 is 11.9 Å². The first-order valence-corrected chi connectivity index (χ1v) is 12.0. The van der Waals surface area contributed by atoms with Crippen LogP contribution in [0.25, 0.3) is 0 Å². The van der Waals surface area contributed by atoms with Crippen molar-refractivity contribution in [2.45, 2.75) is 63.0 Å². The van der Waals surface area contributed by atoms with Crippen molar-refractivity contribution in [2.75, 3.05) is 6.54 Å². The summed E-state index contributed by atoms with van der Waals surface area (Å²) in [5, 5.41) is 19.2. The number of hydrogen-bond donors (Lipinski definition) is 2. The molecule has 2 unspecified atom stereocenters. The van der Waals surface area contributed by atoms with Crippen LogP contribution in [0.2, 0.25) is 0 Å². The van der Waals surface area contributed by atoms with Crippen LogP contribution in [0.4, 0.5) is 8.78 Å². The summed E-state index contributed by atoms with van der Waals surface area (Å²) in [6, 6.07) is 12.5. The number of unbranched alkanes of at least 4 members (excludes halogenated alkanes) is 1. The summed E-state index contributed by atoms with van der Waals surface area (Å²) in [7, 11) is 0. The third kappa shape index (κ3) is 7.20. The summed E-state index contributed by atoms with van der Waals surface area (Å²) in [4.78, 5) is 25.4. The Hall–Kier alpha value is -2.58. The number of thiophene rings is 1. The number of aliphatic hydroxyl groups excluding tert-OH is 1. The number of amides is 1. The van der Waals surface area contributed by atoms with Gasteiger partial charge in [-0.2, -0.15) is 8.78 Å². The van der Waals surface area contributed by atoms with Crippen LogP contribution in [0.5, 0.6) is 0 Å². The third-order valence-electron chi connectivity index (χ3n) is 5.75. The highest BCUT2D eigenvalue weighted by Gasteiger charge is 2.52. The number of halogens is 2. The molecule has 2 aromatic rings. The van der Waals surface area contributed by atoms with Gasteiger partial charge in [0, 0.05) is 17.8 Å². The lowest BCUT2D eigenvalue weighted by molar-refractivity contribution is -0.148. The van der Waals surface area contributed by atoms with Crippen LogP contribution in [0.15, 0.2) is 54.6 Å². The molecule has 0 saturated carbocycles. The molecule has 1 aromatic heterocycles. The first kappa shape index (κ1) is 25.1. The van der Waals surface area contributed by atoms with Crippen LogP contribution in [0, 0.1) is 0 Å². The van der Waals surface area contributed by atoms with Gasteiger partial charge in [-0.3, -0.25) is 4.79 Å². The van der Waals surface area contributed by atoms with Gasteiger partial charge in [-0.05, 0) is 49.8 Å². The zero-order valence-corrected chi connectivity index (χ0v) is 19.1. The largest absolute Gasteiger partial charge is 0.477 e.